The molecule has 86 valence electrons. The Kier molecular flexibility index (Phi) is 1.98. The molecular weight excluding hydrogens is 218 g/mol. The zero-order valence-corrected chi connectivity index (χ0v) is 9.05. The summed E-state index contributed by atoms with van der Waals surface area (Å²) in [7, 11) is 0. The number of aliphatic hydroxyl groups is 1. The van der Waals surface area contributed by atoms with Crippen LogP contribution in [0.3, 0.4) is 0 Å². The van der Waals surface area contributed by atoms with Gasteiger partial charge in [-0.05, 0) is 12.1 Å². The van der Waals surface area contributed by atoms with Gasteiger partial charge in [0.25, 0.3) is 0 Å². The lowest BCUT2D eigenvalue weighted by Crippen LogP contribution is -2.15. The fraction of sp³-hybridized carbons (Fsp3) is 0.154. The number of hydrogen-bond donors (Lipinski definition) is 2. The van der Waals surface area contributed by atoms with Crippen molar-refractivity contribution >= 4 is 22.6 Å². The second-order valence-electron chi connectivity index (χ2n) is 4.12. The van der Waals surface area contributed by atoms with Crippen LogP contribution >= 0.6 is 0 Å². The van der Waals surface area contributed by atoms with Crippen molar-refractivity contribution in [2.45, 2.75) is 13.0 Å². The summed E-state index contributed by atoms with van der Waals surface area (Å²) in [5.74, 6) is -1.15. The third-order valence-electron chi connectivity index (χ3n) is 3.18. The SMILES string of the molecule is O=C(O)C1=C(O)c2cc3ccccc3n2CC1. The van der Waals surface area contributed by atoms with E-state index in [1.54, 1.807) is 0 Å². The number of carboxylic acids is 1. The highest BCUT2D eigenvalue weighted by Crippen LogP contribution is 2.31. The summed E-state index contributed by atoms with van der Waals surface area (Å²) in [6.07, 6.45) is 0.354. The summed E-state index contributed by atoms with van der Waals surface area (Å²) in [4.78, 5) is 11.0. The monoisotopic (exact) mass is 229 g/mol. The van der Waals surface area contributed by atoms with Crippen molar-refractivity contribution in [2.75, 3.05) is 0 Å². The number of aryl methyl sites for hydroxylation is 1. The molecule has 1 aromatic heterocycles. The summed E-state index contributed by atoms with van der Waals surface area (Å²) in [5.41, 5.74) is 1.72. The molecule has 0 amide bonds. The molecule has 2 aromatic rings. The number of nitrogens with zero attached hydrogens (tertiary/aromatic N) is 1. The van der Waals surface area contributed by atoms with Gasteiger partial charge in [-0.3, -0.25) is 0 Å². The quantitative estimate of drug-likeness (QED) is 0.789. The number of carbonyl (C=O) groups is 1. The van der Waals surface area contributed by atoms with Crippen molar-refractivity contribution in [3.63, 3.8) is 0 Å². The Morgan fingerprint density at radius 1 is 1.29 bits per heavy atom. The minimum Gasteiger partial charge on any atom is -0.505 e. The number of benzene rings is 1. The fourth-order valence-corrected chi connectivity index (χ4v) is 2.35. The molecule has 1 aliphatic rings. The molecule has 1 aliphatic heterocycles. The van der Waals surface area contributed by atoms with Crippen LogP contribution in [-0.2, 0) is 11.3 Å². The molecule has 4 heteroatoms. The van der Waals surface area contributed by atoms with Crippen molar-refractivity contribution in [3.8, 4) is 0 Å². The van der Waals surface area contributed by atoms with Crippen LogP contribution in [0.5, 0.6) is 0 Å². The third-order valence-corrected chi connectivity index (χ3v) is 3.18. The summed E-state index contributed by atoms with van der Waals surface area (Å²) < 4.78 is 1.96. The maximum atomic E-state index is 11.0. The average Bonchev–Trinajstić information content (AvgIpc) is 2.69. The Hall–Kier alpha value is -2.23. The summed E-state index contributed by atoms with van der Waals surface area (Å²) in [6, 6.07) is 9.61. The number of rotatable bonds is 1. The highest BCUT2D eigenvalue weighted by Gasteiger charge is 2.24. The largest absolute Gasteiger partial charge is 0.505 e. The number of fused-ring (bicyclic) bond motifs is 3. The van der Waals surface area contributed by atoms with Gasteiger partial charge in [-0.2, -0.15) is 0 Å². The molecular formula is C13H11NO3. The lowest BCUT2D eigenvalue weighted by atomic mass is 10.1. The van der Waals surface area contributed by atoms with Crippen molar-refractivity contribution in [2.24, 2.45) is 0 Å². The number of aliphatic hydroxyl groups excluding tert-OH is 1. The molecule has 17 heavy (non-hydrogen) atoms. The third kappa shape index (κ3) is 1.34. The van der Waals surface area contributed by atoms with Crippen molar-refractivity contribution in [1.29, 1.82) is 0 Å². The molecule has 0 unspecified atom stereocenters. The van der Waals surface area contributed by atoms with Gasteiger partial charge in [0.2, 0.25) is 0 Å². The Balaban J connectivity index is 2.30. The lowest BCUT2D eigenvalue weighted by molar-refractivity contribution is -0.132. The molecule has 0 spiro atoms. The van der Waals surface area contributed by atoms with Gasteiger partial charge in [0.15, 0.2) is 0 Å². The molecule has 0 aliphatic carbocycles. The minimum absolute atomic E-state index is 0.0975. The van der Waals surface area contributed by atoms with E-state index in [9.17, 15) is 9.90 Å². The van der Waals surface area contributed by atoms with Crippen LogP contribution in [0.2, 0.25) is 0 Å². The molecule has 3 rings (SSSR count). The van der Waals surface area contributed by atoms with E-state index in [1.165, 1.54) is 0 Å². The number of aliphatic carboxylic acids is 1. The van der Waals surface area contributed by atoms with Gasteiger partial charge in [0.05, 0.1) is 11.3 Å². The van der Waals surface area contributed by atoms with E-state index in [2.05, 4.69) is 0 Å². The van der Waals surface area contributed by atoms with E-state index in [4.69, 9.17) is 5.11 Å². The summed E-state index contributed by atoms with van der Waals surface area (Å²) in [6.45, 7) is 0.592. The number of carboxylic acid groups (broad SMARTS) is 1. The molecule has 0 fully saturated rings. The van der Waals surface area contributed by atoms with E-state index >= 15 is 0 Å². The van der Waals surface area contributed by atoms with Gasteiger partial charge in [0, 0.05) is 23.9 Å². The molecule has 0 atom stereocenters. The first-order chi connectivity index (χ1) is 8.18. The van der Waals surface area contributed by atoms with Crippen molar-refractivity contribution in [1.82, 2.24) is 4.57 Å². The first-order valence-electron chi connectivity index (χ1n) is 5.42. The van der Waals surface area contributed by atoms with Crippen LogP contribution in [0.15, 0.2) is 35.9 Å². The van der Waals surface area contributed by atoms with Gasteiger partial charge in [-0.15, -0.1) is 0 Å². The van der Waals surface area contributed by atoms with E-state index in [0.29, 0.717) is 18.7 Å². The molecule has 0 saturated heterocycles. The van der Waals surface area contributed by atoms with Gasteiger partial charge >= 0.3 is 5.97 Å². The Bertz CT molecular complexity index is 652. The second kappa shape index (κ2) is 3.38. The number of para-hydroxylation sites is 1. The molecule has 2 N–H and O–H groups in total. The average molecular weight is 229 g/mol. The molecule has 1 aromatic carbocycles. The Morgan fingerprint density at radius 2 is 2.06 bits per heavy atom. The Labute approximate surface area is 97.4 Å². The maximum Gasteiger partial charge on any atom is 0.335 e. The zero-order chi connectivity index (χ0) is 12.0. The predicted octanol–water partition coefficient (Wildman–Crippen LogP) is 2.40. The van der Waals surface area contributed by atoms with Crippen LogP contribution in [0.25, 0.3) is 16.7 Å². The first kappa shape index (κ1) is 9.96. The minimum atomic E-state index is -1.04. The van der Waals surface area contributed by atoms with E-state index in [0.717, 1.165) is 10.9 Å². The molecule has 0 saturated carbocycles. The zero-order valence-electron chi connectivity index (χ0n) is 9.05. The predicted molar refractivity (Wildman–Crippen MR) is 63.7 cm³/mol. The van der Waals surface area contributed by atoms with Gasteiger partial charge < -0.3 is 14.8 Å². The van der Waals surface area contributed by atoms with E-state index < -0.39 is 5.97 Å². The smallest absolute Gasteiger partial charge is 0.335 e. The van der Waals surface area contributed by atoms with Crippen molar-refractivity contribution < 1.29 is 15.0 Å². The van der Waals surface area contributed by atoms with Crippen LogP contribution in [-0.4, -0.2) is 20.7 Å². The summed E-state index contributed by atoms with van der Waals surface area (Å²) >= 11 is 0. The fourth-order valence-electron chi connectivity index (χ4n) is 2.35. The number of hydrogen-bond acceptors (Lipinski definition) is 2. The van der Waals surface area contributed by atoms with Crippen LogP contribution in [0.1, 0.15) is 12.1 Å². The summed E-state index contributed by atoms with van der Waals surface area (Å²) in [5, 5.41) is 20.0. The van der Waals surface area contributed by atoms with E-state index in [1.807, 2.05) is 34.9 Å². The lowest BCUT2D eigenvalue weighted by Gasteiger charge is -2.17. The van der Waals surface area contributed by atoms with Gasteiger partial charge in [-0.1, -0.05) is 18.2 Å². The normalized spacial score (nSPS) is 15.1. The highest BCUT2D eigenvalue weighted by atomic mass is 16.4. The van der Waals surface area contributed by atoms with Crippen molar-refractivity contribution in [3.05, 3.63) is 41.6 Å². The van der Waals surface area contributed by atoms with E-state index in [-0.39, 0.29) is 11.3 Å². The van der Waals surface area contributed by atoms with Crippen LogP contribution < -0.4 is 0 Å². The Morgan fingerprint density at radius 3 is 2.82 bits per heavy atom. The molecule has 4 nitrogen and oxygen atoms in total. The molecule has 2 heterocycles. The van der Waals surface area contributed by atoms with Gasteiger partial charge in [0.1, 0.15) is 5.76 Å². The standard InChI is InChI=1S/C13H11NO3/c15-12-9(13(16)17)5-6-14-10-4-2-1-3-8(10)7-11(12)14/h1-4,7,15H,5-6H2,(H,16,17). The van der Waals surface area contributed by atoms with Crippen LogP contribution in [0.4, 0.5) is 0 Å². The maximum absolute atomic E-state index is 11.0. The van der Waals surface area contributed by atoms with Crippen LogP contribution in [0, 0.1) is 0 Å². The second-order valence-corrected chi connectivity index (χ2v) is 4.12. The van der Waals surface area contributed by atoms with Gasteiger partial charge in [-0.25, -0.2) is 4.79 Å². The topological polar surface area (TPSA) is 62.5 Å². The molecule has 0 bridgehead atoms. The first-order valence-corrected chi connectivity index (χ1v) is 5.42. The number of aromatic nitrogens is 1. The molecule has 0 radical (unpaired) electrons. The highest BCUT2D eigenvalue weighted by molar-refractivity contribution is 5.96.